The molecule has 0 N–H and O–H groups in total. The van der Waals surface area contributed by atoms with Crippen molar-refractivity contribution in [2.24, 2.45) is 0 Å². The minimum absolute atomic E-state index is 0.0761. The molecule has 4 nitrogen and oxygen atoms in total. The lowest BCUT2D eigenvalue weighted by atomic mass is 10.1. The highest BCUT2D eigenvalue weighted by atomic mass is 16.5. The molecule has 15 heavy (non-hydrogen) atoms. The van der Waals surface area contributed by atoms with Gasteiger partial charge in [-0.2, -0.15) is 0 Å². The summed E-state index contributed by atoms with van der Waals surface area (Å²) < 4.78 is 15.3. The van der Waals surface area contributed by atoms with Crippen LogP contribution in [0.2, 0.25) is 0 Å². The van der Waals surface area contributed by atoms with Gasteiger partial charge in [-0.25, -0.2) is 0 Å². The van der Waals surface area contributed by atoms with E-state index in [2.05, 4.69) is 0 Å². The second kappa shape index (κ2) is 4.68. The predicted molar refractivity (Wildman–Crippen MR) is 56.1 cm³/mol. The highest BCUT2D eigenvalue weighted by Gasteiger charge is 2.14. The molecule has 0 bridgehead atoms. The number of carbonyl (C=O) groups is 1. The fourth-order valence-electron chi connectivity index (χ4n) is 1.30. The van der Waals surface area contributed by atoms with E-state index in [4.69, 9.17) is 14.2 Å². The first-order chi connectivity index (χ1) is 7.13. The van der Waals surface area contributed by atoms with Crippen LogP contribution < -0.4 is 14.2 Å². The standard InChI is InChI=1S/C11H14O4/c1-7(12)8-5-10(14-3)11(15-4)6-9(8)13-2/h5-6H,1-4H3. The van der Waals surface area contributed by atoms with E-state index in [0.29, 0.717) is 22.8 Å². The summed E-state index contributed by atoms with van der Waals surface area (Å²) in [5.74, 6) is 1.47. The maximum atomic E-state index is 11.3. The summed E-state index contributed by atoms with van der Waals surface area (Å²) in [7, 11) is 4.56. The summed E-state index contributed by atoms with van der Waals surface area (Å²) >= 11 is 0. The molecule has 1 aromatic carbocycles. The number of hydrogen-bond acceptors (Lipinski definition) is 4. The van der Waals surface area contributed by atoms with Crippen LogP contribution in [0.3, 0.4) is 0 Å². The van der Waals surface area contributed by atoms with Crippen LogP contribution >= 0.6 is 0 Å². The van der Waals surface area contributed by atoms with Crippen molar-refractivity contribution in [3.05, 3.63) is 17.7 Å². The largest absolute Gasteiger partial charge is 0.496 e. The Morgan fingerprint density at radius 2 is 1.40 bits per heavy atom. The zero-order valence-electron chi connectivity index (χ0n) is 9.29. The minimum Gasteiger partial charge on any atom is -0.496 e. The van der Waals surface area contributed by atoms with E-state index < -0.39 is 0 Å². The van der Waals surface area contributed by atoms with E-state index in [0.717, 1.165) is 0 Å². The fourth-order valence-corrected chi connectivity index (χ4v) is 1.30. The highest BCUT2D eigenvalue weighted by Crippen LogP contribution is 2.34. The molecule has 4 heteroatoms. The molecule has 0 saturated heterocycles. The van der Waals surface area contributed by atoms with E-state index in [1.807, 2.05) is 0 Å². The smallest absolute Gasteiger partial charge is 0.164 e. The Kier molecular flexibility index (Phi) is 3.55. The second-order valence-corrected chi connectivity index (χ2v) is 2.96. The van der Waals surface area contributed by atoms with Crippen LogP contribution in [0.25, 0.3) is 0 Å². The van der Waals surface area contributed by atoms with Gasteiger partial charge in [-0.3, -0.25) is 4.79 Å². The van der Waals surface area contributed by atoms with Crippen LogP contribution in [0.1, 0.15) is 17.3 Å². The molecule has 1 aromatic rings. The maximum absolute atomic E-state index is 11.3. The van der Waals surface area contributed by atoms with Crippen molar-refractivity contribution < 1.29 is 19.0 Å². The van der Waals surface area contributed by atoms with Crippen LogP contribution in [-0.4, -0.2) is 27.1 Å². The zero-order chi connectivity index (χ0) is 11.4. The lowest BCUT2D eigenvalue weighted by Crippen LogP contribution is -2.00. The molecule has 1 rings (SSSR count). The first kappa shape index (κ1) is 11.4. The van der Waals surface area contributed by atoms with Crippen LogP contribution in [0.4, 0.5) is 0 Å². The first-order valence-corrected chi connectivity index (χ1v) is 4.45. The minimum atomic E-state index is -0.0761. The molecule has 0 amide bonds. The monoisotopic (exact) mass is 210 g/mol. The molecule has 0 aliphatic carbocycles. The molecule has 0 saturated carbocycles. The van der Waals surface area contributed by atoms with E-state index in [1.54, 1.807) is 12.1 Å². The highest BCUT2D eigenvalue weighted by molar-refractivity contribution is 5.97. The SMILES string of the molecule is COc1cc(OC)c(C(C)=O)cc1OC. The quantitative estimate of drug-likeness (QED) is 0.712. The van der Waals surface area contributed by atoms with Gasteiger partial charge in [-0.1, -0.05) is 0 Å². The lowest BCUT2D eigenvalue weighted by Gasteiger charge is -2.12. The van der Waals surface area contributed by atoms with Gasteiger partial charge in [0.2, 0.25) is 0 Å². The third kappa shape index (κ3) is 2.21. The van der Waals surface area contributed by atoms with Crippen molar-refractivity contribution in [1.29, 1.82) is 0 Å². The predicted octanol–water partition coefficient (Wildman–Crippen LogP) is 1.91. The van der Waals surface area contributed by atoms with Gasteiger partial charge in [0.1, 0.15) is 5.75 Å². The summed E-state index contributed by atoms with van der Waals surface area (Å²) in [5.41, 5.74) is 0.482. The number of hydrogen-bond donors (Lipinski definition) is 0. The van der Waals surface area contributed by atoms with Gasteiger partial charge in [-0.15, -0.1) is 0 Å². The third-order valence-electron chi connectivity index (χ3n) is 2.08. The summed E-state index contributed by atoms with van der Waals surface area (Å²) in [6.07, 6.45) is 0. The summed E-state index contributed by atoms with van der Waals surface area (Å²) in [4.78, 5) is 11.3. The van der Waals surface area contributed by atoms with Crippen molar-refractivity contribution in [2.75, 3.05) is 21.3 Å². The van der Waals surface area contributed by atoms with Crippen LogP contribution in [0.15, 0.2) is 12.1 Å². The molecule has 0 heterocycles. The van der Waals surface area contributed by atoms with Crippen molar-refractivity contribution in [1.82, 2.24) is 0 Å². The molecular weight excluding hydrogens is 196 g/mol. The molecule has 0 radical (unpaired) electrons. The number of Topliss-reactive ketones (excluding diaryl/α,β-unsaturated/α-hetero) is 1. The number of ketones is 1. The molecule has 0 aliphatic heterocycles. The molecule has 0 unspecified atom stereocenters. The number of rotatable bonds is 4. The van der Waals surface area contributed by atoms with E-state index in [9.17, 15) is 4.79 Å². The average molecular weight is 210 g/mol. The molecule has 82 valence electrons. The Morgan fingerprint density at radius 1 is 0.933 bits per heavy atom. The summed E-state index contributed by atoms with van der Waals surface area (Å²) in [6, 6.07) is 3.25. The van der Waals surface area contributed by atoms with E-state index in [1.165, 1.54) is 28.3 Å². The Bertz CT molecular complexity index is 371. The molecule has 0 fully saturated rings. The molecule has 0 atom stereocenters. The topological polar surface area (TPSA) is 44.8 Å². The third-order valence-corrected chi connectivity index (χ3v) is 2.08. The normalized spacial score (nSPS) is 9.60. The van der Waals surface area contributed by atoms with Crippen molar-refractivity contribution in [3.63, 3.8) is 0 Å². The molecule has 0 aliphatic rings. The van der Waals surface area contributed by atoms with E-state index >= 15 is 0 Å². The molecule has 0 spiro atoms. The van der Waals surface area contributed by atoms with Crippen molar-refractivity contribution in [3.8, 4) is 17.2 Å². The lowest BCUT2D eigenvalue weighted by molar-refractivity contribution is 0.101. The number of benzene rings is 1. The van der Waals surface area contributed by atoms with Crippen LogP contribution in [0, 0.1) is 0 Å². The maximum Gasteiger partial charge on any atom is 0.164 e. The molecular formula is C11H14O4. The van der Waals surface area contributed by atoms with Crippen LogP contribution in [-0.2, 0) is 0 Å². The Labute approximate surface area is 88.8 Å². The first-order valence-electron chi connectivity index (χ1n) is 4.45. The van der Waals surface area contributed by atoms with E-state index in [-0.39, 0.29) is 5.78 Å². The van der Waals surface area contributed by atoms with Gasteiger partial charge < -0.3 is 14.2 Å². The Hall–Kier alpha value is -1.71. The average Bonchev–Trinajstić information content (AvgIpc) is 2.26. The second-order valence-electron chi connectivity index (χ2n) is 2.96. The number of carbonyl (C=O) groups excluding carboxylic acids is 1. The molecule has 0 aromatic heterocycles. The number of ether oxygens (including phenoxy) is 3. The summed E-state index contributed by atoms with van der Waals surface area (Å²) in [6.45, 7) is 1.48. The summed E-state index contributed by atoms with van der Waals surface area (Å²) in [5, 5.41) is 0. The van der Waals surface area contributed by atoms with Gasteiger partial charge in [-0.05, 0) is 13.0 Å². The van der Waals surface area contributed by atoms with Crippen molar-refractivity contribution in [2.45, 2.75) is 6.92 Å². The van der Waals surface area contributed by atoms with Gasteiger partial charge in [0.25, 0.3) is 0 Å². The number of methoxy groups -OCH3 is 3. The fraction of sp³-hybridized carbons (Fsp3) is 0.364. The van der Waals surface area contributed by atoms with Gasteiger partial charge in [0.15, 0.2) is 17.3 Å². The zero-order valence-corrected chi connectivity index (χ0v) is 9.29. The Balaban J connectivity index is 3.34. The van der Waals surface area contributed by atoms with Crippen molar-refractivity contribution >= 4 is 5.78 Å². The van der Waals surface area contributed by atoms with Gasteiger partial charge in [0, 0.05) is 6.07 Å². The Morgan fingerprint density at radius 3 is 1.80 bits per heavy atom. The van der Waals surface area contributed by atoms with Crippen LogP contribution in [0.5, 0.6) is 17.2 Å². The van der Waals surface area contributed by atoms with Gasteiger partial charge in [0.05, 0.1) is 26.9 Å². The van der Waals surface area contributed by atoms with Gasteiger partial charge >= 0.3 is 0 Å².